The van der Waals surface area contributed by atoms with Crippen LogP contribution in [0.2, 0.25) is 0 Å². The first-order valence-corrected chi connectivity index (χ1v) is 9.30. The SMILES string of the molecule is CCOC(=O)C(=CNc1ccc(NC2=NC[C@@H](C)S2)cc1)C(=O)OCC. The number of carbonyl (C=O) groups excluding carboxylic acids is 2. The summed E-state index contributed by atoms with van der Waals surface area (Å²) in [6.07, 6.45) is 1.30. The Morgan fingerprint density at radius 3 is 2.23 bits per heavy atom. The molecule has 0 aliphatic carbocycles. The molecule has 0 unspecified atom stereocenters. The Morgan fingerprint density at radius 2 is 1.73 bits per heavy atom. The molecule has 0 fully saturated rings. The molecular weight excluding hydrogens is 354 g/mol. The Bertz CT molecular complexity index is 681. The van der Waals surface area contributed by atoms with Crippen LogP contribution < -0.4 is 10.6 Å². The van der Waals surface area contributed by atoms with Crippen molar-refractivity contribution in [2.45, 2.75) is 26.0 Å². The Balaban J connectivity index is 2.01. The zero-order chi connectivity index (χ0) is 18.9. The van der Waals surface area contributed by atoms with Crippen LogP contribution in [0.25, 0.3) is 0 Å². The smallest absolute Gasteiger partial charge is 0.347 e. The number of hydrogen-bond donors (Lipinski definition) is 2. The monoisotopic (exact) mass is 377 g/mol. The number of carbonyl (C=O) groups is 2. The summed E-state index contributed by atoms with van der Waals surface area (Å²) in [6, 6.07) is 7.43. The van der Waals surface area contributed by atoms with Gasteiger partial charge >= 0.3 is 11.9 Å². The molecule has 2 rings (SSSR count). The van der Waals surface area contributed by atoms with Gasteiger partial charge in [-0.3, -0.25) is 4.99 Å². The fraction of sp³-hybridized carbons (Fsp3) is 0.389. The molecule has 1 heterocycles. The third-order valence-electron chi connectivity index (χ3n) is 3.31. The topological polar surface area (TPSA) is 89.0 Å². The molecule has 0 saturated heterocycles. The molecule has 26 heavy (non-hydrogen) atoms. The second kappa shape index (κ2) is 9.86. The highest BCUT2D eigenvalue weighted by atomic mass is 32.2. The van der Waals surface area contributed by atoms with Crippen molar-refractivity contribution in [3.05, 3.63) is 36.0 Å². The van der Waals surface area contributed by atoms with E-state index < -0.39 is 11.9 Å². The molecule has 2 N–H and O–H groups in total. The number of ether oxygens (including phenoxy) is 2. The van der Waals surface area contributed by atoms with Crippen LogP contribution in [0.5, 0.6) is 0 Å². The van der Waals surface area contributed by atoms with E-state index in [1.165, 1.54) is 6.20 Å². The molecule has 1 aliphatic heterocycles. The molecule has 0 radical (unpaired) electrons. The zero-order valence-electron chi connectivity index (χ0n) is 15.1. The predicted molar refractivity (Wildman–Crippen MR) is 104 cm³/mol. The minimum atomic E-state index is -0.720. The fourth-order valence-electron chi connectivity index (χ4n) is 2.09. The number of anilines is 2. The van der Waals surface area contributed by atoms with Crippen LogP contribution in [0.1, 0.15) is 20.8 Å². The summed E-state index contributed by atoms with van der Waals surface area (Å²) in [6.45, 7) is 6.66. The van der Waals surface area contributed by atoms with E-state index in [4.69, 9.17) is 9.47 Å². The van der Waals surface area contributed by atoms with Gasteiger partial charge < -0.3 is 20.1 Å². The summed E-state index contributed by atoms with van der Waals surface area (Å²) in [7, 11) is 0. The number of benzene rings is 1. The van der Waals surface area contributed by atoms with Gasteiger partial charge in [-0.15, -0.1) is 0 Å². The minimum Gasteiger partial charge on any atom is -0.462 e. The van der Waals surface area contributed by atoms with Crippen LogP contribution in [0.3, 0.4) is 0 Å². The van der Waals surface area contributed by atoms with E-state index in [-0.39, 0.29) is 18.8 Å². The maximum Gasteiger partial charge on any atom is 0.347 e. The van der Waals surface area contributed by atoms with Gasteiger partial charge in [0.25, 0.3) is 0 Å². The number of aliphatic imine (C=N–C) groups is 1. The van der Waals surface area contributed by atoms with E-state index in [0.29, 0.717) is 5.25 Å². The number of rotatable bonds is 7. The molecular formula is C18H23N3O4S. The van der Waals surface area contributed by atoms with Gasteiger partial charge in [0.15, 0.2) is 10.7 Å². The fourth-order valence-corrected chi connectivity index (χ4v) is 2.95. The summed E-state index contributed by atoms with van der Waals surface area (Å²) in [5.74, 6) is -1.44. The Kier molecular flexibility index (Phi) is 7.53. The molecule has 8 heteroatoms. The number of nitrogens with one attached hydrogen (secondary N) is 2. The first-order chi connectivity index (χ1) is 12.5. The van der Waals surface area contributed by atoms with Gasteiger partial charge in [0.05, 0.1) is 19.8 Å². The first-order valence-electron chi connectivity index (χ1n) is 8.42. The molecule has 1 atom stereocenters. The molecule has 0 aromatic heterocycles. The van der Waals surface area contributed by atoms with Crippen molar-refractivity contribution in [3.8, 4) is 0 Å². The van der Waals surface area contributed by atoms with Gasteiger partial charge in [0, 0.05) is 22.8 Å². The molecule has 0 bridgehead atoms. The number of amidine groups is 1. The highest BCUT2D eigenvalue weighted by Gasteiger charge is 2.21. The lowest BCUT2D eigenvalue weighted by Gasteiger charge is -2.09. The summed E-state index contributed by atoms with van der Waals surface area (Å²) in [4.78, 5) is 28.2. The molecule has 0 saturated carbocycles. The lowest BCUT2D eigenvalue weighted by molar-refractivity contribution is -0.146. The van der Waals surface area contributed by atoms with Gasteiger partial charge in [-0.25, -0.2) is 9.59 Å². The molecule has 1 aliphatic rings. The number of esters is 2. The average Bonchev–Trinajstić information content (AvgIpc) is 3.02. The van der Waals surface area contributed by atoms with Crippen LogP contribution in [0, 0.1) is 0 Å². The van der Waals surface area contributed by atoms with Crippen molar-refractivity contribution in [2.24, 2.45) is 4.99 Å². The van der Waals surface area contributed by atoms with Crippen molar-refractivity contribution in [3.63, 3.8) is 0 Å². The van der Waals surface area contributed by atoms with E-state index in [0.717, 1.165) is 23.1 Å². The van der Waals surface area contributed by atoms with E-state index in [2.05, 4.69) is 22.5 Å². The largest absolute Gasteiger partial charge is 0.462 e. The van der Waals surface area contributed by atoms with E-state index >= 15 is 0 Å². The quantitative estimate of drug-likeness (QED) is 0.327. The van der Waals surface area contributed by atoms with Gasteiger partial charge in [-0.2, -0.15) is 0 Å². The average molecular weight is 377 g/mol. The normalized spacial score (nSPS) is 15.7. The van der Waals surface area contributed by atoms with Crippen molar-refractivity contribution in [2.75, 3.05) is 30.4 Å². The maximum absolute atomic E-state index is 11.9. The highest BCUT2D eigenvalue weighted by molar-refractivity contribution is 8.15. The van der Waals surface area contributed by atoms with Crippen LogP contribution in [-0.2, 0) is 19.1 Å². The van der Waals surface area contributed by atoms with Crippen LogP contribution in [0.15, 0.2) is 41.0 Å². The van der Waals surface area contributed by atoms with Crippen molar-refractivity contribution in [1.82, 2.24) is 0 Å². The third kappa shape index (κ3) is 5.80. The summed E-state index contributed by atoms with van der Waals surface area (Å²) < 4.78 is 9.78. The van der Waals surface area contributed by atoms with E-state index in [1.54, 1.807) is 25.6 Å². The maximum atomic E-state index is 11.9. The second-order valence-electron chi connectivity index (χ2n) is 5.42. The van der Waals surface area contributed by atoms with Crippen molar-refractivity contribution in [1.29, 1.82) is 0 Å². The van der Waals surface area contributed by atoms with Crippen LogP contribution in [0.4, 0.5) is 11.4 Å². The van der Waals surface area contributed by atoms with Crippen LogP contribution >= 0.6 is 11.8 Å². The minimum absolute atomic E-state index is 0.177. The molecule has 1 aromatic carbocycles. The number of thioether (sulfide) groups is 1. The summed E-state index contributed by atoms with van der Waals surface area (Å²) in [5, 5.41) is 7.58. The van der Waals surface area contributed by atoms with E-state index in [9.17, 15) is 9.59 Å². The standard InChI is InChI=1S/C18H23N3O4S/c1-4-24-16(22)15(17(23)25-5-2)11-19-13-6-8-14(9-7-13)21-18-20-10-12(3)26-18/h6-9,11-12,19H,4-5,10H2,1-3H3,(H,20,21)/t12-/m1/s1. The number of nitrogens with zero attached hydrogens (tertiary/aromatic N) is 1. The first kappa shape index (κ1) is 19.8. The lowest BCUT2D eigenvalue weighted by atomic mass is 10.2. The van der Waals surface area contributed by atoms with Gasteiger partial charge in [-0.1, -0.05) is 18.7 Å². The van der Waals surface area contributed by atoms with Gasteiger partial charge in [-0.05, 0) is 38.1 Å². The van der Waals surface area contributed by atoms with Gasteiger partial charge in [0.2, 0.25) is 0 Å². The predicted octanol–water partition coefficient (Wildman–Crippen LogP) is 3.01. The lowest BCUT2D eigenvalue weighted by Crippen LogP contribution is -2.19. The highest BCUT2D eigenvalue weighted by Crippen LogP contribution is 2.22. The molecule has 140 valence electrons. The molecule has 0 spiro atoms. The Labute approximate surface area is 157 Å². The zero-order valence-corrected chi connectivity index (χ0v) is 15.9. The Hall–Kier alpha value is -2.48. The summed E-state index contributed by atoms with van der Waals surface area (Å²) in [5.41, 5.74) is 1.45. The van der Waals surface area contributed by atoms with Gasteiger partial charge in [0.1, 0.15) is 0 Å². The third-order valence-corrected chi connectivity index (χ3v) is 4.32. The van der Waals surface area contributed by atoms with Crippen molar-refractivity contribution < 1.29 is 19.1 Å². The summed E-state index contributed by atoms with van der Waals surface area (Å²) >= 11 is 1.71. The second-order valence-corrected chi connectivity index (χ2v) is 6.85. The Morgan fingerprint density at radius 1 is 1.15 bits per heavy atom. The molecule has 1 aromatic rings. The van der Waals surface area contributed by atoms with Crippen LogP contribution in [-0.4, -0.2) is 42.1 Å². The molecule has 7 nitrogen and oxygen atoms in total. The molecule has 0 amide bonds. The van der Waals surface area contributed by atoms with Crippen molar-refractivity contribution >= 4 is 40.2 Å². The van der Waals surface area contributed by atoms with E-state index in [1.807, 2.05) is 24.3 Å². The number of hydrogen-bond acceptors (Lipinski definition) is 8.